The molecular formula is C13H20N2O2. The molecule has 94 valence electrons. The fourth-order valence-electron chi connectivity index (χ4n) is 1.57. The molecule has 1 atom stereocenters. The number of nitrogen functional groups attached to an aromatic ring is 1. The number of benzene rings is 1. The highest BCUT2D eigenvalue weighted by Crippen LogP contribution is 2.15. The van der Waals surface area contributed by atoms with Crippen LogP contribution < -0.4 is 11.1 Å². The molecule has 0 aromatic heterocycles. The molecule has 1 aromatic carbocycles. The third-order valence-corrected chi connectivity index (χ3v) is 2.94. The molecule has 0 spiro atoms. The van der Waals surface area contributed by atoms with Crippen LogP contribution in [0.25, 0.3) is 0 Å². The van der Waals surface area contributed by atoms with Crippen molar-refractivity contribution in [1.82, 2.24) is 5.32 Å². The lowest BCUT2D eigenvalue weighted by Gasteiger charge is -2.20. The van der Waals surface area contributed by atoms with Crippen LogP contribution in [-0.4, -0.2) is 23.7 Å². The number of anilines is 1. The summed E-state index contributed by atoms with van der Waals surface area (Å²) in [5.74, 6) is -0.00661. The maximum atomic E-state index is 12.0. The van der Waals surface area contributed by atoms with Crippen LogP contribution in [0, 0.1) is 12.8 Å². The fourth-order valence-corrected chi connectivity index (χ4v) is 1.57. The van der Waals surface area contributed by atoms with Crippen LogP contribution in [0.4, 0.5) is 5.69 Å². The van der Waals surface area contributed by atoms with Crippen LogP contribution in [0.1, 0.15) is 29.8 Å². The minimum absolute atomic E-state index is 0.0647. The van der Waals surface area contributed by atoms with Crippen molar-refractivity contribution >= 4 is 11.6 Å². The number of hydrogen-bond acceptors (Lipinski definition) is 3. The average Bonchev–Trinajstić information content (AvgIpc) is 2.28. The summed E-state index contributed by atoms with van der Waals surface area (Å²) in [6.45, 7) is 5.65. The van der Waals surface area contributed by atoms with E-state index in [1.54, 1.807) is 18.2 Å². The zero-order chi connectivity index (χ0) is 13.0. The standard InChI is InChI=1S/C13H20N2O2/c1-8(2)12(7-16)15-13(17)10-5-4-6-11(14)9(10)3/h4-6,8,12,16H,7,14H2,1-3H3,(H,15,17). The second-order valence-corrected chi connectivity index (χ2v) is 4.53. The minimum Gasteiger partial charge on any atom is -0.398 e. The lowest BCUT2D eigenvalue weighted by atomic mass is 10.0. The van der Waals surface area contributed by atoms with Crippen molar-refractivity contribution in [3.8, 4) is 0 Å². The van der Waals surface area contributed by atoms with Crippen LogP contribution in [0.2, 0.25) is 0 Å². The number of rotatable bonds is 4. The summed E-state index contributed by atoms with van der Waals surface area (Å²) in [6.07, 6.45) is 0. The Morgan fingerprint density at radius 3 is 2.65 bits per heavy atom. The largest absolute Gasteiger partial charge is 0.398 e. The van der Waals surface area contributed by atoms with E-state index in [1.165, 1.54) is 0 Å². The molecule has 0 aliphatic rings. The summed E-state index contributed by atoms with van der Waals surface area (Å²) in [6, 6.07) is 5.01. The molecule has 4 heteroatoms. The van der Waals surface area contributed by atoms with Gasteiger partial charge in [-0.1, -0.05) is 19.9 Å². The van der Waals surface area contributed by atoms with Crippen LogP contribution in [0.15, 0.2) is 18.2 Å². The van der Waals surface area contributed by atoms with Crippen molar-refractivity contribution < 1.29 is 9.90 Å². The van der Waals surface area contributed by atoms with E-state index in [-0.39, 0.29) is 24.5 Å². The van der Waals surface area contributed by atoms with Gasteiger partial charge in [-0.15, -0.1) is 0 Å². The molecule has 1 aromatic rings. The molecule has 1 amide bonds. The highest BCUT2D eigenvalue weighted by atomic mass is 16.3. The van der Waals surface area contributed by atoms with Crippen LogP contribution >= 0.6 is 0 Å². The molecule has 1 rings (SSSR count). The molecule has 1 unspecified atom stereocenters. The van der Waals surface area contributed by atoms with E-state index in [4.69, 9.17) is 5.73 Å². The second-order valence-electron chi connectivity index (χ2n) is 4.53. The number of aliphatic hydroxyl groups is 1. The quantitative estimate of drug-likeness (QED) is 0.690. The third kappa shape index (κ3) is 3.20. The number of carbonyl (C=O) groups is 1. The van der Waals surface area contributed by atoms with Gasteiger partial charge < -0.3 is 16.2 Å². The first-order valence-corrected chi connectivity index (χ1v) is 5.74. The predicted octanol–water partition coefficient (Wildman–Crippen LogP) is 1.32. The van der Waals surface area contributed by atoms with Gasteiger partial charge in [-0.2, -0.15) is 0 Å². The van der Waals surface area contributed by atoms with Crippen molar-refractivity contribution in [3.63, 3.8) is 0 Å². The summed E-state index contributed by atoms with van der Waals surface area (Å²) in [7, 11) is 0. The van der Waals surface area contributed by atoms with Gasteiger partial charge >= 0.3 is 0 Å². The topological polar surface area (TPSA) is 75.4 Å². The molecule has 0 saturated carbocycles. The Labute approximate surface area is 102 Å². The Morgan fingerprint density at radius 2 is 2.12 bits per heavy atom. The number of carbonyl (C=O) groups excluding carboxylic acids is 1. The Bertz CT molecular complexity index is 402. The number of nitrogens with one attached hydrogen (secondary N) is 1. The molecule has 0 heterocycles. The molecule has 4 nitrogen and oxygen atoms in total. The number of aliphatic hydroxyl groups excluding tert-OH is 1. The first-order valence-electron chi connectivity index (χ1n) is 5.74. The van der Waals surface area contributed by atoms with Crippen molar-refractivity contribution in [2.24, 2.45) is 5.92 Å². The SMILES string of the molecule is Cc1c(N)cccc1C(=O)NC(CO)C(C)C. The zero-order valence-corrected chi connectivity index (χ0v) is 10.5. The average molecular weight is 236 g/mol. The first kappa shape index (κ1) is 13.5. The lowest BCUT2D eigenvalue weighted by molar-refractivity contribution is 0.0896. The second kappa shape index (κ2) is 5.68. The molecule has 0 aliphatic heterocycles. The van der Waals surface area contributed by atoms with Gasteiger partial charge in [-0.25, -0.2) is 0 Å². The van der Waals surface area contributed by atoms with Crippen molar-refractivity contribution in [3.05, 3.63) is 29.3 Å². The number of nitrogens with two attached hydrogens (primary N) is 1. The summed E-state index contributed by atoms with van der Waals surface area (Å²) in [4.78, 5) is 12.0. The van der Waals surface area contributed by atoms with Gasteiger partial charge in [0.1, 0.15) is 0 Å². The van der Waals surface area contributed by atoms with Crippen LogP contribution in [0.3, 0.4) is 0 Å². The highest BCUT2D eigenvalue weighted by Gasteiger charge is 2.17. The Morgan fingerprint density at radius 1 is 1.47 bits per heavy atom. The Balaban J connectivity index is 2.86. The Kier molecular flexibility index (Phi) is 4.52. The lowest BCUT2D eigenvalue weighted by Crippen LogP contribution is -2.41. The van der Waals surface area contributed by atoms with E-state index in [1.807, 2.05) is 20.8 Å². The van der Waals surface area contributed by atoms with Gasteiger partial charge in [0, 0.05) is 11.3 Å². The van der Waals surface area contributed by atoms with Crippen molar-refractivity contribution in [2.75, 3.05) is 12.3 Å². The molecular weight excluding hydrogens is 216 g/mol. The minimum atomic E-state index is -0.233. The highest BCUT2D eigenvalue weighted by molar-refractivity contribution is 5.97. The van der Waals surface area contributed by atoms with E-state index in [9.17, 15) is 9.90 Å². The van der Waals surface area contributed by atoms with Crippen molar-refractivity contribution in [2.45, 2.75) is 26.8 Å². The van der Waals surface area contributed by atoms with Crippen LogP contribution in [0.5, 0.6) is 0 Å². The smallest absolute Gasteiger partial charge is 0.251 e. The molecule has 0 bridgehead atoms. The molecule has 0 aliphatic carbocycles. The van der Waals surface area contributed by atoms with Gasteiger partial charge in [0.15, 0.2) is 0 Å². The maximum absolute atomic E-state index is 12.0. The molecule has 17 heavy (non-hydrogen) atoms. The summed E-state index contributed by atoms with van der Waals surface area (Å²) in [5.41, 5.74) is 7.68. The van der Waals surface area contributed by atoms with E-state index in [0.717, 1.165) is 5.56 Å². The molecule has 0 radical (unpaired) electrons. The number of amides is 1. The number of hydrogen-bond donors (Lipinski definition) is 3. The zero-order valence-electron chi connectivity index (χ0n) is 10.5. The summed E-state index contributed by atoms with van der Waals surface area (Å²) in [5, 5.41) is 12.0. The van der Waals surface area contributed by atoms with Crippen molar-refractivity contribution in [1.29, 1.82) is 0 Å². The van der Waals surface area contributed by atoms with Gasteiger partial charge in [0.2, 0.25) is 0 Å². The molecule has 4 N–H and O–H groups in total. The fraction of sp³-hybridized carbons (Fsp3) is 0.462. The summed E-state index contributed by atoms with van der Waals surface area (Å²) < 4.78 is 0. The monoisotopic (exact) mass is 236 g/mol. The Hall–Kier alpha value is -1.55. The normalized spacial score (nSPS) is 12.5. The van der Waals surface area contributed by atoms with E-state index in [2.05, 4.69) is 5.32 Å². The van der Waals surface area contributed by atoms with Gasteiger partial charge in [-0.05, 0) is 30.5 Å². The van der Waals surface area contributed by atoms with Gasteiger partial charge in [0.05, 0.1) is 12.6 Å². The van der Waals surface area contributed by atoms with E-state index >= 15 is 0 Å². The maximum Gasteiger partial charge on any atom is 0.251 e. The molecule has 0 fully saturated rings. The van der Waals surface area contributed by atoms with Crippen LogP contribution in [-0.2, 0) is 0 Å². The third-order valence-electron chi connectivity index (χ3n) is 2.94. The van der Waals surface area contributed by atoms with E-state index < -0.39 is 0 Å². The van der Waals surface area contributed by atoms with Gasteiger partial charge in [-0.3, -0.25) is 4.79 Å². The summed E-state index contributed by atoms with van der Waals surface area (Å²) >= 11 is 0. The molecule has 0 saturated heterocycles. The first-order chi connectivity index (χ1) is 7.97. The van der Waals surface area contributed by atoms with E-state index in [0.29, 0.717) is 11.3 Å². The predicted molar refractivity (Wildman–Crippen MR) is 68.8 cm³/mol. The van der Waals surface area contributed by atoms with Gasteiger partial charge in [0.25, 0.3) is 5.91 Å².